The van der Waals surface area contributed by atoms with E-state index >= 15 is 0 Å². The molecule has 1 saturated heterocycles. The molecule has 0 bridgehead atoms. The average molecular weight is 240 g/mol. The summed E-state index contributed by atoms with van der Waals surface area (Å²) in [5.74, 6) is 0.225. The Morgan fingerprint density at radius 1 is 1.56 bits per heavy atom. The Labute approximate surface area is 99.2 Å². The van der Waals surface area contributed by atoms with E-state index in [1.165, 1.54) is 18.1 Å². The lowest BCUT2D eigenvalue weighted by molar-refractivity contribution is -0.128. The first-order chi connectivity index (χ1) is 7.59. The number of thioether (sulfide) groups is 1. The number of carbonyl (C=O) groups excluding carboxylic acids is 1. The van der Waals surface area contributed by atoms with Gasteiger partial charge in [-0.3, -0.25) is 4.79 Å². The number of hydrogen-bond acceptors (Lipinski definition) is 4. The van der Waals surface area contributed by atoms with Crippen molar-refractivity contribution in [3.8, 4) is 0 Å². The Kier molecular flexibility index (Phi) is 3.18. The van der Waals surface area contributed by atoms with Gasteiger partial charge in [-0.15, -0.1) is 0 Å². The van der Waals surface area contributed by atoms with Crippen molar-refractivity contribution in [2.24, 2.45) is 7.05 Å². The molecular formula is C10H16N4OS. The van der Waals surface area contributed by atoms with E-state index in [1.54, 1.807) is 4.68 Å². The van der Waals surface area contributed by atoms with Gasteiger partial charge < -0.3 is 4.90 Å². The summed E-state index contributed by atoms with van der Waals surface area (Å²) < 4.78 is 1.70. The topological polar surface area (TPSA) is 51.0 Å². The van der Waals surface area contributed by atoms with Gasteiger partial charge in [-0.05, 0) is 20.3 Å². The SMILES string of the molecule is CC(C)N1CC[C@@H](Sc2ncnn2C)C1=O. The third-order valence-corrected chi connectivity index (χ3v) is 4.03. The highest BCUT2D eigenvalue weighted by Gasteiger charge is 2.34. The maximum atomic E-state index is 12.0. The molecule has 1 aliphatic rings. The van der Waals surface area contributed by atoms with Crippen LogP contribution in [0.5, 0.6) is 0 Å². The first-order valence-corrected chi connectivity index (χ1v) is 6.28. The Morgan fingerprint density at radius 2 is 2.31 bits per heavy atom. The summed E-state index contributed by atoms with van der Waals surface area (Å²) in [6.45, 7) is 4.95. The predicted octanol–water partition coefficient (Wildman–Crippen LogP) is 0.916. The Balaban J connectivity index is 2.03. The zero-order chi connectivity index (χ0) is 11.7. The van der Waals surface area contributed by atoms with Gasteiger partial charge in [-0.2, -0.15) is 5.10 Å². The number of nitrogens with zero attached hydrogens (tertiary/aromatic N) is 4. The van der Waals surface area contributed by atoms with Crippen molar-refractivity contribution in [2.45, 2.75) is 36.7 Å². The van der Waals surface area contributed by atoms with Crippen LogP contribution in [0.4, 0.5) is 0 Å². The van der Waals surface area contributed by atoms with Gasteiger partial charge in [0.25, 0.3) is 0 Å². The second-order valence-electron chi connectivity index (χ2n) is 4.19. The Hall–Kier alpha value is -1.04. The number of aryl methyl sites for hydroxylation is 1. The molecule has 1 aliphatic heterocycles. The largest absolute Gasteiger partial charge is 0.339 e. The number of likely N-dealkylation sites (tertiary alicyclic amines) is 1. The summed E-state index contributed by atoms with van der Waals surface area (Å²) in [5, 5.41) is 4.81. The van der Waals surface area contributed by atoms with Gasteiger partial charge in [0.15, 0.2) is 5.16 Å². The third-order valence-electron chi connectivity index (χ3n) is 2.73. The van der Waals surface area contributed by atoms with Gasteiger partial charge in [-0.1, -0.05) is 11.8 Å². The molecule has 0 unspecified atom stereocenters. The van der Waals surface area contributed by atoms with E-state index in [2.05, 4.69) is 10.1 Å². The minimum Gasteiger partial charge on any atom is -0.339 e. The summed E-state index contributed by atoms with van der Waals surface area (Å²) >= 11 is 1.51. The molecule has 2 rings (SSSR count). The van der Waals surface area contributed by atoms with Crippen molar-refractivity contribution in [3.05, 3.63) is 6.33 Å². The van der Waals surface area contributed by atoms with Gasteiger partial charge in [0.1, 0.15) is 6.33 Å². The normalized spacial score (nSPS) is 21.1. The molecule has 16 heavy (non-hydrogen) atoms. The van der Waals surface area contributed by atoms with Gasteiger partial charge in [-0.25, -0.2) is 9.67 Å². The first kappa shape index (κ1) is 11.4. The fourth-order valence-electron chi connectivity index (χ4n) is 1.82. The monoisotopic (exact) mass is 240 g/mol. The predicted molar refractivity (Wildman–Crippen MR) is 62.1 cm³/mol. The van der Waals surface area contributed by atoms with Crippen LogP contribution in [0.2, 0.25) is 0 Å². The lowest BCUT2D eigenvalue weighted by Crippen LogP contribution is -2.34. The molecule has 2 heterocycles. The smallest absolute Gasteiger partial charge is 0.236 e. The summed E-state index contributed by atoms with van der Waals surface area (Å²) in [6.07, 6.45) is 2.41. The summed E-state index contributed by atoms with van der Waals surface area (Å²) in [7, 11) is 1.84. The van der Waals surface area contributed by atoms with E-state index in [9.17, 15) is 4.79 Å². The maximum absolute atomic E-state index is 12.0. The fraction of sp³-hybridized carbons (Fsp3) is 0.700. The molecule has 1 amide bonds. The highest BCUT2D eigenvalue weighted by Crippen LogP contribution is 2.29. The second kappa shape index (κ2) is 4.45. The lowest BCUT2D eigenvalue weighted by Gasteiger charge is -2.20. The first-order valence-electron chi connectivity index (χ1n) is 5.40. The van der Waals surface area contributed by atoms with Crippen LogP contribution in [0.15, 0.2) is 11.5 Å². The molecule has 0 radical (unpaired) electrons. The van der Waals surface area contributed by atoms with Gasteiger partial charge >= 0.3 is 0 Å². The highest BCUT2D eigenvalue weighted by molar-refractivity contribution is 8.00. The molecule has 0 aliphatic carbocycles. The zero-order valence-corrected chi connectivity index (χ0v) is 10.6. The third kappa shape index (κ3) is 2.07. The van der Waals surface area contributed by atoms with Gasteiger partial charge in [0.05, 0.1) is 5.25 Å². The van der Waals surface area contributed by atoms with Crippen molar-refractivity contribution in [3.63, 3.8) is 0 Å². The molecule has 88 valence electrons. The Morgan fingerprint density at radius 3 is 2.81 bits per heavy atom. The number of rotatable bonds is 3. The van der Waals surface area contributed by atoms with Crippen molar-refractivity contribution in [1.29, 1.82) is 0 Å². The van der Waals surface area contributed by atoms with Crippen LogP contribution in [-0.4, -0.2) is 43.4 Å². The molecule has 0 spiro atoms. The maximum Gasteiger partial charge on any atom is 0.236 e. The van der Waals surface area contributed by atoms with E-state index < -0.39 is 0 Å². The van der Waals surface area contributed by atoms with E-state index in [0.29, 0.717) is 0 Å². The molecule has 1 atom stereocenters. The van der Waals surface area contributed by atoms with Crippen LogP contribution in [0.25, 0.3) is 0 Å². The quantitative estimate of drug-likeness (QED) is 0.788. The van der Waals surface area contributed by atoms with E-state index in [4.69, 9.17) is 0 Å². The van der Waals surface area contributed by atoms with Crippen LogP contribution in [0.3, 0.4) is 0 Å². The molecule has 0 N–H and O–H groups in total. The molecular weight excluding hydrogens is 224 g/mol. The summed E-state index contributed by atoms with van der Waals surface area (Å²) in [5.41, 5.74) is 0. The highest BCUT2D eigenvalue weighted by atomic mass is 32.2. The lowest BCUT2D eigenvalue weighted by atomic mass is 10.3. The summed E-state index contributed by atoms with van der Waals surface area (Å²) in [4.78, 5) is 18.1. The molecule has 1 fully saturated rings. The van der Waals surface area contributed by atoms with Crippen molar-refractivity contribution in [1.82, 2.24) is 19.7 Å². The molecule has 1 aromatic heterocycles. The summed E-state index contributed by atoms with van der Waals surface area (Å²) in [6, 6.07) is 0.289. The number of hydrogen-bond donors (Lipinski definition) is 0. The van der Waals surface area contributed by atoms with Crippen LogP contribution in [0, 0.1) is 0 Å². The number of amides is 1. The molecule has 5 nitrogen and oxygen atoms in total. The molecule has 0 saturated carbocycles. The van der Waals surface area contributed by atoms with Crippen LogP contribution in [-0.2, 0) is 11.8 Å². The van der Waals surface area contributed by atoms with Crippen LogP contribution < -0.4 is 0 Å². The molecule has 1 aromatic rings. The Bertz CT molecular complexity index is 390. The van der Waals surface area contributed by atoms with E-state index in [1.807, 2.05) is 25.8 Å². The standard InChI is InChI=1S/C10H16N4OS/c1-7(2)14-5-4-8(9(14)15)16-10-11-6-12-13(10)3/h6-8H,4-5H2,1-3H3/t8-/m1/s1. The second-order valence-corrected chi connectivity index (χ2v) is 5.36. The van der Waals surface area contributed by atoms with Crippen LogP contribution >= 0.6 is 11.8 Å². The van der Waals surface area contributed by atoms with Crippen molar-refractivity contribution >= 4 is 17.7 Å². The minimum atomic E-state index is 0.00491. The molecule has 0 aromatic carbocycles. The zero-order valence-electron chi connectivity index (χ0n) is 9.75. The average Bonchev–Trinajstić information content (AvgIpc) is 2.76. The van der Waals surface area contributed by atoms with Crippen molar-refractivity contribution < 1.29 is 4.79 Å². The minimum absolute atomic E-state index is 0.00491. The van der Waals surface area contributed by atoms with E-state index in [-0.39, 0.29) is 17.2 Å². The van der Waals surface area contributed by atoms with Crippen LogP contribution in [0.1, 0.15) is 20.3 Å². The fourth-order valence-corrected chi connectivity index (χ4v) is 2.84. The van der Waals surface area contributed by atoms with Gasteiger partial charge in [0, 0.05) is 19.6 Å². The number of carbonyl (C=O) groups is 1. The van der Waals surface area contributed by atoms with E-state index in [0.717, 1.165) is 18.1 Å². The number of aromatic nitrogens is 3. The van der Waals surface area contributed by atoms with Crippen molar-refractivity contribution in [2.75, 3.05) is 6.54 Å². The molecule has 6 heteroatoms. The van der Waals surface area contributed by atoms with Gasteiger partial charge in [0.2, 0.25) is 5.91 Å².